The van der Waals surface area contributed by atoms with Gasteiger partial charge in [0, 0.05) is 13.1 Å². The molecule has 8 heteroatoms. The lowest BCUT2D eigenvalue weighted by Crippen LogP contribution is -2.38. The minimum atomic E-state index is -0.413. The number of aromatic amines is 1. The highest BCUT2D eigenvalue weighted by molar-refractivity contribution is 6.21. The first-order valence-corrected chi connectivity index (χ1v) is 8.10. The largest absolute Gasteiger partial charge is 0.395 e. The van der Waals surface area contributed by atoms with E-state index in [1.807, 2.05) is 6.92 Å². The lowest BCUT2D eigenvalue weighted by Gasteiger charge is -2.14. The minimum absolute atomic E-state index is 0.0912. The van der Waals surface area contributed by atoms with Crippen LogP contribution in [0.2, 0.25) is 0 Å². The van der Waals surface area contributed by atoms with Crippen LogP contribution in [-0.4, -0.2) is 45.9 Å². The van der Waals surface area contributed by atoms with E-state index in [2.05, 4.69) is 15.5 Å². The monoisotopic (exact) mass is 341 g/mol. The number of nitrogens with one attached hydrogen (secondary N) is 2. The maximum atomic E-state index is 12.2. The molecule has 0 spiro atoms. The maximum Gasteiger partial charge on any atom is 0.271 e. The molecule has 1 aliphatic rings. The van der Waals surface area contributed by atoms with Gasteiger partial charge in [-0.1, -0.05) is 25.5 Å². The Balaban J connectivity index is 1.60. The van der Waals surface area contributed by atoms with Crippen molar-refractivity contribution < 1.29 is 14.4 Å². The lowest BCUT2D eigenvalue weighted by molar-refractivity contribution is 0.0649. The molecule has 2 aromatic rings. The number of carbonyl (C=O) groups is 3. The summed E-state index contributed by atoms with van der Waals surface area (Å²) in [6.45, 7) is 2.22. The van der Waals surface area contributed by atoms with Gasteiger partial charge in [0.05, 0.1) is 22.5 Å². The van der Waals surface area contributed by atoms with E-state index >= 15 is 0 Å². The van der Waals surface area contributed by atoms with Crippen LogP contribution >= 0.6 is 0 Å². The summed E-state index contributed by atoms with van der Waals surface area (Å²) in [7, 11) is 0. The molecule has 0 aliphatic carbocycles. The second-order valence-electron chi connectivity index (χ2n) is 5.77. The number of hydrogen-bond acceptors (Lipinski definition) is 5. The summed E-state index contributed by atoms with van der Waals surface area (Å²) < 4.78 is 0. The van der Waals surface area contributed by atoms with Gasteiger partial charge < -0.3 is 11.1 Å². The third-order valence-corrected chi connectivity index (χ3v) is 4.10. The lowest BCUT2D eigenvalue weighted by atomic mass is 10.1. The molecular weight excluding hydrogens is 322 g/mol. The van der Waals surface area contributed by atoms with E-state index < -0.39 is 5.91 Å². The number of aromatic nitrogens is 2. The molecule has 4 N–H and O–H groups in total. The fourth-order valence-corrected chi connectivity index (χ4v) is 2.80. The summed E-state index contributed by atoms with van der Waals surface area (Å²) in [5, 5.41) is 9.32. The van der Waals surface area contributed by atoms with Crippen LogP contribution in [0.5, 0.6) is 0 Å². The van der Waals surface area contributed by atoms with Crippen molar-refractivity contribution in [3.8, 4) is 0 Å². The van der Waals surface area contributed by atoms with Gasteiger partial charge in [0.25, 0.3) is 17.7 Å². The molecule has 1 aromatic carbocycles. The highest BCUT2D eigenvalue weighted by atomic mass is 16.2. The van der Waals surface area contributed by atoms with Gasteiger partial charge in [-0.25, -0.2) is 0 Å². The smallest absolute Gasteiger partial charge is 0.271 e. The van der Waals surface area contributed by atoms with E-state index in [1.165, 1.54) is 0 Å². The number of carbonyl (C=O) groups excluding carboxylic acids is 3. The van der Waals surface area contributed by atoms with Gasteiger partial charge >= 0.3 is 0 Å². The molecule has 3 amide bonds. The predicted molar refractivity (Wildman–Crippen MR) is 91.1 cm³/mol. The number of aryl methyl sites for hydroxylation is 1. The Hall–Kier alpha value is -3.16. The average molecular weight is 341 g/mol. The first kappa shape index (κ1) is 16.7. The summed E-state index contributed by atoms with van der Waals surface area (Å²) in [6, 6.07) is 6.66. The van der Waals surface area contributed by atoms with Crippen molar-refractivity contribution >= 4 is 23.4 Å². The van der Waals surface area contributed by atoms with Crippen molar-refractivity contribution in [2.24, 2.45) is 0 Å². The van der Waals surface area contributed by atoms with E-state index in [0.717, 1.165) is 11.3 Å². The molecule has 8 nitrogen and oxygen atoms in total. The number of rotatable bonds is 6. The number of anilines is 1. The molecule has 0 atom stereocenters. The second-order valence-corrected chi connectivity index (χ2v) is 5.77. The van der Waals surface area contributed by atoms with E-state index in [-0.39, 0.29) is 30.6 Å². The topological polar surface area (TPSA) is 121 Å². The number of benzene rings is 1. The first-order valence-electron chi connectivity index (χ1n) is 8.10. The van der Waals surface area contributed by atoms with Gasteiger partial charge in [0.15, 0.2) is 0 Å². The zero-order valence-corrected chi connectivity index (χ0v) is 13.8. The fourth-order valence-electron chi connectivity index (χ4n) is 2.80. The van der Waals surface area contributed by atoms with E-state index in [4.69, 9.17) is 5.73 Å². The SMILES string of the molecule is CCCc1n[nH]c(C(=O)NCCN2C(=O)c3ccccc3C2=O)c1N. The summed E-state index contributed by atoms with van der Waals surface area (Å²) >= 11 is 0. The Morgan fingerprint density at radius 3 is 2.48 bits per heavy atom. The predicted octanol–water partition coefficient (Wildman–Crippen LogP) is 0.970. The zero-order valence-electron chi connectivity index (χ0n) is 13.8. The normalized spacial score (nSPS) is 13.2. The molecule has 0 radical (unpaired) electrons. The van der Waals surface area contributed by atoms with Gasteiger partial charge in [-0.3, -0.25) is 24.4 Å². The molecule has 0 fully saturated rings. The molecule has 0 bridgehead atoms. The third-order valence-electron chi connectivity index (χ3n) is 4.10. The van der Waals surface area contributed by atoms with Gasteiger partial charge in [-0.15, -0.1) is 0 Å². The van der Waals surface area contributed by atoms with Gasteiger partial charge in [0.1, 0.15) is 5.69 Å². The molecule has 1 aromatic heterocycles. The quantitative estimate of drug-likeness (QED) is 0.676. The Kier molecular flexibility index (Phi) is 4.51. The van der Waals surface area contributed by atoms with Crippen LogP contribution in [0, 0.1) is 0 Å². The molecular formula is C17H19N5O3. The number of nitrogens with zero attached hydrogens (tertiary/aromatic N) is 2. The molecule has 25 heavy (non-hydrogen) atoms. The fraction of sp³-hybridized carbons (Fsp3) is 0.294. The number of hydrogen-bond donors (Lipinski definition) is 3. The van der Waals surface area contributed by atoms with Crippen molar-refractivity contribution in [2.45, 2.75) is 19.8 Å². The first-order chi connectivity index (χ1) is 12.0. The summed E-state index contributed by atoms with van der Waals surface area (Å²) in [6.07, 6.45) is 1.56. The molecule has 0 saturated heterocycles. The van der Waals surface area contributed by atoms with Crippen molar-refractivity contribution in [3.63, 3.8) is 0 Å². The van der Waals surface area contributed by atoms with E-state index in [1.54, 1.807) is 24.3 Å². The van der Waals surface area contributed by atoms with Crippen LogP contribution < -0.4 is 11.1 Å². The number of fused-ring (bicyclic) bond motifs is 1. The minimum Gasteiger partial charge on any atom is -0.395 e. The van der Waals surface area contributed by atoms with Gasteiger partial charge in [0.2, 0.25) is 0 Å². The van der Waals surface area contributed by atoms with Crippen LogP contribution in [0.1, 0.15) is 50.2 Å². The van der Waals surface area contributed by atoms with Gasteiger partial charge in [-0.05, 0) is 18.6 Å². The maximum absolute atomic E-state index is 12.2. The second kappa shape index (κ2) is 6.76. The molecule has 1 aliphatic heterocycles. The zero-order chi connectivity index (χ0) is 18.0. The van der Waals surface area contributed by atoms with Gasteiger partial charge in [-0.2, -0.15) is 5.10 Å². The third kappa shape index (κ3) is 2.98. The van der Waals surface area contributed by atoms with Crippen LogP contribution in [0.15, 0.2) is 24.3 Å². The number of nitrogen functional groups attached to an aromatic ring is 1. The van der Waals surface area contributed by atoms with Crippen molar-refractivity contribution in [1.29, 1.82) is 0 Å². The van der Waals surface area contributed by atoms with E-state index in [9.17, 15) is 14.4 Å². The highest BCUT2D eigenvalue weighted by Crippen LogP contribution is 2.21. The number of imide groups is 1. The van der Waals surface area contributed by atoms with Crippen molar-refractivity contribution in [1.82, 2.24) is 20.4 Å². The average Bonchev–Trinajstić information content (AvgIpc) is 3.09. The number of H-pyrrole nitrogens is 1. The Morgan fingerprint density at radius 1 is 1.24 bits per heavy atom. The van der Waals surface area contributed by atoms with Crippen LogP contribution in [-0.2, 0) is 6.42 Å². The highest BCUT2D eigenvalue weighted by Gasteiger charge is 2.34. The molecule has 130 valence electrons. The molecule has 0 saturated carbocycles. The van der Waals surface area contributed by atoms with Crippen molar-refractivity contribution in [3.05, 3.63) is 46.8 Å². The number of nitrogens with two attached hydrogens (primary N) is 1. The summed E-state index contributed by atoms with van der Waals surface area (Å²) in [5.41, 5.74) is 7.89. The van der Waals surface area contributed by atoms with Crippen LogP contribution in [0.4, 0.5) is 5.69 Å². The Labute approximate surface area is 144 Å². The summed E-state index contributed by atoms with van der Waals surface area (Å²) in [5.74, 6) is -1.11. The Morgan fingerprint density at radius 2 is 1.88 bits per heavy atom. The Bertz CT molecular complexity index is 808. The molecule has 2 heterocycles. The number of amides is 3. The van der Waals surface area contributed by atoms with Crippen LogP contribution in [0.3, 0.4) is 0 Å². The molecule has 0 unspecified atom stereocenters. The standard InChI is InChI=1S/C17H19N5O3/c1-2-5-12-13(18)14(21-20-12)15(23)19-8-9-22-16(24)10-6-3-4-7-11(10)17(22)25/h3-4,6-7H,2,5,8-9,18H2,1H3,(H,19,23)(H,20,21). The van der Waals surface area contributed by atoms with E-state index in [0.29, 0.717) is 28.9 Å². The summed E-state index contributed by atoms with van der Waals surface area (Å²) in [4.78, 5) is 37.8. The van der Waals surface area contributed by atoms with Crippen molar-refractivity contribution in [2.75, 3.05) is 18.8 Å². The molecule has 3 rings (SSSR count). The van der Waals surface area contributed by atoms with Crippen LogP contribution in [0.25, 0.3) is 0 Å².